The maximum Gasteiger partial charge on any atom is 0.313 e. The summed E-state index contributed by atoms with van der Waals surface area (Å²) in [6.45, 7) is 0. The second-order valence-corrected chi connectivity index (χ2v) is 4.19. The van der Waals surface area contributed by atoms with Gasteiger partial charge in [0.2, 0.25) is 5.82 Å². The maximum atomic E-state index is 13.3. The summed E-state index contributed by atoms with van der Waals surface area (Å²) >= 11 is 5.67. The molecule has 1 N–H and O–H groups in total. The molecule has 1 aromatic heterocycles. The van der Waals surface area contributed by atoms with Crippen molar-refractivity contribution in [1.29, 1.82) is 0 Å². The van der Waals surface area contributed by atoms with Crippen molar-refractivity contribution in [3.63, 3.8) is 0 Å². The van der Waals surface area contributed by atoms with E-state index in [0.29, 0.717) is 5.69 Å². The van der Waals surface area contributed by atoms with Crippen LogP contribution in [0.4, 0.5) is 21.6 Å². The van der Waals surface area contributed by atoms with E-state index in [1.165, 1.54) is 37.6 Å². The molecule has 2 aromatic rings. The van der Waals surface area contributed by atoms with Crippen LogP contribution in [0, 0.1) is 15.9 Å². The number of nitrogens with zero attached hydrogens (tertiary/aromatic N) is 2. The fourth-order valence-electron chi connectivity index (χ4n) is 1.54. The first-order valence-electron chi connectivity index (χ1n) is 5.41. The van der Waals surface area contributed by atoms with Crippen LogP contribution in [0.1, 0.15) is 0 Å². The van der Waals surface area contributed by atoms with E-state index >= 15 is 0 Å². The quantitative estimate of drug-likeness (QED) is 0.690. The lowest BCUT2D eigenvalue weighted by molar-refractivity contribution is -0.384. The predicted octanol–water partition coefficient (Wildman–Crippen LogP) is 3.53. The lowest BCUT2D eigenvalue weighted by Gasteiger charge is -2.08. The van der Waals surface area contributed by atoms with Gasteiger partial charge in [-0.3, -0.25) is 10.1 Å². The topological polar surface area (TPSA) is 77.3 Å². The second kappa shape index (κ2) is 5.70. The van der Waals surface area contributed by atoms with Crippen molar-refractivity contribution >= 4 is 28.8 Å². The van der Waals surface area contributed by atoms with E-state index in [-0.39, 0.29) is 22.3 Å². The van der Waals surface area contributed by atoms with Gasteiger partial charge in [-0.25, -0.2) is 9.37 Å². The van der Waals surface area contributed by atoms with Crippen molar-refractivity contribution in [2.45, 2.75) is 0 Å². The number of nitrogens with one attached hydrogen (secondary N) is 1. The van der Waals surface area contributed by atoms with Crippen molar-refractivity contribution in [3.8, 4) is 5.75 Å². The van der Waals surface area contributed by atoms with E-state index < -0.39 is 10.7 Å². The number of nitro groups is 1. The smallest absolute Gasteiger partial charge is 0.313 e. The summed E-state index contributed by atoms with van der Waals surface area (Å²) in [6, 6.07) is 5.15. The number of benzene rings is 1. The summed E-state index contributed by atoms with van der Waals surface area (Å²) in [6.07, 6.45) is 1.28. The fraction of sp³-hybridized carbons (Fsp3) is 0.0833. The monoisotopic (exact) mass is 297 g/mol. The first kappa shape index (κ1) is 14.0. The van der Waals surface area contributed by atoms with Gasteiger partial charge in [-0.1, -0.05) is 11.6 Å². The third-order valence-electron chi connectivity index (χ3n) is 2.44. The van der Waals surface area contributed by atoms with E-state index in [4.69, 9.17) is 16.3 Å². The molecule has 0 aliphatic heterocycles. The number of aromatic nitrogens is 1. The van der Waals surface area contributed by atoms with E-state index in [2.05, 4.69) is 10.3 Å². The molecule has 0 aliphatic rings. The van der Waals surface area contributed by atoms with Crippen LogP contribution >= 0.6 is 11.6 Å². The Hall–Kier alpha value is -2.41. The zero-order chi connectivity index (χ0) is 14.7. The molecule has 8 heteroatoms. The molecule has 104 valence electrons. The number of anilines is 2. The number of halogens is 2. The van der Waals surface area contributed by atoms with Crippen LogP contribution in [-0.2, 0) is 0 Å². The predicted molar refractivity (Wildman–Crippen MR) is 72.1 cm³/mol. The third-order valence-corrected chi connectivity index (χ3v) is 2.65. The van der Waals surface area contributed by atoms with Gasteiger partial charge in [0.05, 0.1) is 17.1 Å². The molecule has 0 atom stereocenters. The van der Waals surface area contributed by atoms with Crippen LogP contribution in [0.2, 0.25) is 5.02 Å². The molecule has 0 saturated heterocycles. The lowest BCUT2D eigenvalue weighted by atomic mass is 10.2. The van der Waals surface area contributed by atoms with Crippen molar-refractivity contribution in [2.24, 2.45) is 0 Å². The molecule has 0 radical (unpaired) electrons. The lowest BCUT2D eigenvalue weighted by Crippen LogP contribution is -2.00. The SMILES string of the molecule is COc1cc(Nc2ncc(Cl)cc2[N+](=O)[O-])ccc1F. The normalized spacial score (nSPS) is 10.2. The first-order valence-corrected chi connectivity index (χ1v) is 5.79. The average Bonchev–Trinajstić information content (AvgIpc) is 2.42. The molecule has 1 aromatic carbocycles. The van der Waals surface area contributed by atoms with E-state index in [0.717, 1.165) is 0 Å². The van der Waals surface area contributed by atoms with Crippen molar-refractivity contribution < 1.29 is 14.1 Å². The zero-order valence-corrected chi connectivity index (χ0v) is 11.0. The minimum atomic E-state index is -0.609. The molecule has 1 heterocycles. The standard InChI is InChI=1S/C12H9ClFN3O3/c1-20-11-5-8(2-3-9(11)14)16-12-10(17(18)19)4-7(13)6-15-12/h2-6H,1H3,(H,15,16). The number of pyridine rings is 1. The molecule has 0 saturated carbocycles. The number of hydrogen-bond donors (Lipinski definition) is 1. The Morgan fingerprint density at radius 2 is 2.20 bits per heavy atom. The molecule has 0 unspecified atom stereocenters. The Morgan fingerprint density at radius 1 is 1.45 bits per heavy atom. The summed E-state index contributed by atoms with van der Waals surface area (Å²) in [7, 11) is 1.32. The summed E-state index contributed by atoms with van der Waals surface area (Å²) in [5.41, 5.74) is 0.127. The zero-order valence-electron chi connectivity index (χ0n) is 10.3. The van der Waals surface area contributed by atoms with E-state index in [9.17, 15) is 14.5 Å². The number of ether oxygens (including phenoxy) is 1. The van der Waals surface area contributed by atoms with Crippen LogP contribution in [-0.4, -0.2) is 17.0 Å². The van der Waals surface area contributed by atoms with Gasteiger partial charge in [0.1, 0.15) is 0 Å². The fourth-order valence-corrected chi connectivity index (χ4v) is 1.69. The Balaban J connectivity index is 2.37. The highest BCUT2D eigenvalue weighted by Crippen LogP contribution is 2.29. The van der Waals surface area contributed by atoms with Gasteiger partial charge < -0.3 is 10.1 Å². The average molecular weight is 298 g/mol. The minimum Gasteiger partial charge on any atom is -0.494 e. The van der Waals surface area contributed by atoms with E-state index in [1.54, 1.807) is 0 Å². The highest BCUT2D eigenvalue weighted by Gasteiger charge is 2.16. The molecule has 0 spiro atoms. The van der Waals surface area contributed by atoms with Gasteiger partial charge in [-0.2, -0.15) is 0 Å². The summed E-state index contributed by atoms with van der Waals surface area (Å²) in [5, 5.41) is 13.8. The minimum absolute atomic E-state index is 0.00746. The number of methoxy groups -OCH3 is 1. The molecule has 6 nitrogen and oxygen atoms in total. The molecular formula is C12H9ClFN3O3. The molecule has 2 rings (SSSR count). The summed E-state index contributed by atoms with van der Waals surface area (Å²) < 4.78 is 18.1. The van der Waals surface area contributed by atoms with Gasteiger partial charge in [-0.05, 0) is 12.1 Å². The second-order valence-electron chi connectivity index (χ2n) is 3.75. The summed E-state index contributed by atoms with van der Waals surface area (Å²) in [4.78, 5) is 14.2. The van der Waals surface area contributed by atoms with Crippen LogP contribution in [0.3, 0.4) is 0 Å². The molecule has 0 amide bonds. The molecule has 20 heavy (non-hydrogen) atoms. The first-order chi connectivity index (χ1) is 9.51. The molecule has 0 bridgehead atoms. The van der Waals surface area contributed by atoms with Crippen LogP contribution in [0.5, 0.6) is 5.75 Å². The van der Waals surface area contributed by atoms with Gasteiger partial charge in [-0.15, -0.1) is 0 Å². The van der Waals surface area contributed by atoms with Crippen LogP contribution in [0.15, 0.2) is 30.5 Å². The largest absolute Gasteiger partial charge is 0.494 e. The van der Waals surface area contributed by atoms with Crippen LogP contribution in [0.25, 0.3) is 0 Å². The third kappa shape index (κ3) is 2.94. The van der Waals surface area contributed by atoms with Crippen LogP contribution < -0.4 is 10.1 Å². The maximum absolute atomic E-state index is 13.3. The van der Waals surface area contributed by atoms with E-state index in [1.807, 2.05) is 0 Å². The van der Waals surface area contributed by atoms with Gasteiger partial charge in [0, 0.05) is 24.0 Å². The number of rotatable bonds is 4. The Bertz CT molecular complexity index is 666. The Kier molecular flexibility index (Phi) is 3.99. The molecule has 0 aliphatic carbocycles. The van der Waals surface area contributed by atoms with Gasteiger partial charge in [0.25, 0.3) is 0 Å². The van der Waals surface area contributed by atoms with Crippen molar-refractivity contribution in [1.82, 2.24) is 4.98 Å². The Labute approximate surface area is 118 Å². The van der Waals surface area contributed by atoms with Crippen molar-refractivity contribution in [2.75, 3.05) is 12.4 Å². The van der Waals surface area contributed by atoms with Crippen molar-refractivity contribution in [3.05, 3.63) is 51.4 Å². The highest BCUT2D eigenvalue weighted by molar-refractivity contribution is 6.30. The highest BCUT2D eigenvalue weighted by atomic mass is 35.5. The summed E-state index contributed by atoms with van der Waals surface area (Å²) in [5.74, 6) is -0.503. The Morgan fingerprint density at radius 3 is 2.85 bits per heavy atom. The number of hydrogen-bond acceptors (Lipinski definition) is 5. The van der Waals surface area contributed by atoms with Gasteiger partial charge in [0.15, 0.2) is 11.6 Å². The molecule has 0 fully saturated rings. The molecular weight excluding hydrogens is 289 g/mol. The van der Waals surface area contributed by atoms with Gasteiger partial charge >= 0.3 is 5.69 Å².